The van der Waals surface area contributed by atoms with Crippen molar-refractivity contribution in [2.45, 2.75) is 103 Å². The third-order valence-electron chi connectivity index (χ3n) is 8.55. The van der Waals surface area contributed by atoms with Crippen LogP contribution in [0.15, 0.2) is 23.8 Å². The van der Waals surface area contributed by atoms with Gasteiger partial charge in [-0.25, -0.2) is 4.57 Å². The van der Waals surface area contributed by atoms with Gasteiger partial charge >= 0.3 is 13.8 Å². The molecule has 1 heterocycles. The number of carbonyl (C=O) groups is 1. The molecule has 3 saturated carbocycles. The maximum absolute atomic E-state index is 13.3. The molecule has 7 nitrogen and oxygen atoms in total. The summed E-state index contributed by atoms with van der Waals surface area (Å²) in [6.07, 6.45) is 9.24. The molecule has 0 spiro atoms. The third-order valence-corrected chi connectivity index (χ3v) is 9.17. The van der Waals surface area contributed by atoms with E-state index >= 15 is 0 Å². The SMILES string of the molecule is CCCCCc1cc(OC(=O)C23CC(OP(=O)(O)O)(C2)C3)c2c(c1)OC(C)(C)[C@@H]1CC=C(C)C[C@@H]21. The Kier molecular flexibility index (Phi) is 6.03. The van der Waals surface area contributed by atoms with E-state index in [0.29, 0.717) is 25.0 Å². The Morgan fingerprint density at radius 1 is 1.20 bits per heavy atom. The van der Waals surface area contributed by atoms with E-state index < -0.39 is 18.8 Å². The summed E-state index contributed by atoms with van der Waals surface area (Å²) in [6, 6.07) is 4.16. The largest absolute Gasteiger partial charge is 0.487 e. The van der Waals surface area contributed by atoms with Crippen LogP contribution in [0.5, 0.6) is 11.5 Å². The molecule has 0 aromatic heterocycles. The molecule has 1 aliphatic heterocycles. The topological polar surface area (TPSA) is 102 Å². The Morgan fingerprint density at radius 2 is 1.91 bits per heavy atom. The monoisotopic (exact) mass is 504 g/mol. The van der Waals surface area contributed by atoms with Crippen LogP contribution in [-0.4, -0.2) is 27.0 Å². The van der Waals surface area contributed by atoms with Crippen LogP contribution in [-0.2, 0) is 20.3 Å². The molecule has 2 bridgehead atoms. The molecule has 192 valence electrons. The van der Waals surface area contributed by atoms with Crippen molar-refractivity contribution in [1.29, 1.82) is 0 Å². The van der Waals surface area contributed by atoms with Crippen LogP contribution < -0.4 is 9.47 Å². The number of unbranched alkanes of at least 4 members (excludes halogenated alkanes) is 2. The Morgan fingerprint density at radius 3 is 2.57 bits per heavy atom. The number of hydrogen-bond acceptors (Lipinski definition) is 5. The summed E-state index contributed by atoms with van der Waals surface area (Å²) in [6.45, 7) is 8.64. The molecule has 0 radical (unpaired) electrons. The number of rotatable bonds is 8. The maximum Gasteiger partial charge on any atom is 0.470 e. The lowest BCUT2D eigenvalue weighted by Crippen LogP contribution is -2.71. The summed E-state index contributed by atoms with van der Waals surface area (Å²) in [4.78, 5) is 31.7. The van der Waals surface area contributed by atoms with E-state index in [1.807, 2.05) is 6.07 Å². The Balaban J connectivity index is 1.44. The van der Waals surface area contributed by atoms with Crippen LogP contribution in [0.2, 0.25) is 0 Å². The van der Waals surface area contributed by atoms with Crippen molar-refractivity contribution in [2.24, 2.45) is 11.3 Å². The summed E-state index contributed by atoms with van der Waals surface area (Å²) in [5.41, 5.74) is 1.52. The normalized spacial score (nSPS) is 32.2. The van der Waals surface area contributed by atoms with Gasteiger partial charge in [0, 0.05) is 17.4 Å². The summed E-state index contributed by atoms with van der Waals surface area (Å²) < 4.78 is 29.0. The zero-order valence-corrected chi connectivity index (χ0v) is 22.0. The lowest BCUT2D eigenvalue weighted by Gasteiger charge is -2.66. The van der Waals surface area contributed by atoms with Gasteiger partial charge in [0.15, 0.2) is 0 Å². The number of ether oxygens (including phenoxy) is 2. The lowest BCUT2D eigenvalue weighted by atomic mass is 9.41. The highest BCUT2D eigenvalue weighted by Crippen LogP contribution is 2.72. The lowest BCUT2D eigenvalue weighted by molar-refractivity contribution is -0.250. The summed E-state index contributed by atoms with van der Waals surface area (Å²) in [5, 5.41) is 0. The Bertz CT molecular complexity index is 1090. The molecule has 1 aromatic rings. The fourth-order valence-electron chi connectivity index (χ4n) is 6.88. The molecule has 2 atom stereocenters. The summed E-state index contributed by atoms with van der Waals surface area (Å²) in [5.74, 6) is 1.59. The molecule has 4 aliphatic carbocycles. The zero-order chi connectivity index (χ0) is 25.2. The first-order chi connectivity index (χ1) is 16.4. The van der Waals surface area contributed by atoms with E-state index in [1.165, 1.54) is 5.57 Å². The number of benzene rings is 1. The van der Waals surface area contributed by atoms with Gasteiger partial charge in [-0.3, -0.25) is 9.32 Å². The maximum atomic E-state index is 13.3. The van der Waals surface area contributed by atoms with Gasteiger partial charge < -0.3 is 19.3 Å². The predicted molar refractivity (Wildman–Crippen MR) is 131 cm³/mol. The zero-order valence-electron chi connectivity index (χ0n) is 21.1. The van der Waals surface area contributed by atoms with Gasteiger partial charge in [-0.15, -0.1) is 0 Å². The van der Waals surface area contributed by atoms with Gasteiger partial charge in [0.05, 0.1) is 11.0 Å². The van der Waals surface area contributed by atoms with E-state index in [4.69, 9.17) is 14.0 Å². The van der Waals surface area contributed by atoms with Crippen LogP contribution in [0.25, 0.3) is 0 Å². The molecule has 8 heteroatoms. The van der Waals surface area contributed by atoms with E-state index in [0.717, 1.165) is 55.4 Å². The number of allylic oxidation sites excluding steroid dienone is 2. The Labute approximate surface area is 207 Å². The number of esters is 1. The predicted octanol–water partition coefficient (Wildman–Crippen LogP) is 5.97. The molecule has 1 aromatic carbocycles. The highest BCUT2D eigenvalue weighted by atomic mass is 31.2. The summed E-state index contributed by atoms with van der Waals surface area (Å²) >= 11 is 0. The average Bonchev–Trinajstić information content (AvgIpc) is 2.68. The number of aryl methyl sites for hydroxylation is 1. The molecule has 5 aliphatic rings. The van der Waals surface area contributed by atoms with Crippen LogP contribution >= 0.6 is 7.82 Å². The first-order valence-corrected chi connectivity index (χ1v) is 14.4. The smallest absolute Gasteiger partial charge is 0.470 e. The quantitative estimate of drug-likeness (QED) is 0.148. The van der Waals surface area contributed by atoms with Crippen molar-refractivity contribution in [3.8, 4) is 11.5 Å². The fourth-order valence-corrected chi connectivity index (χ4v) is 7.58. The second kappa shape index (κ2) is 8.44. The minimum atomic E-state index is -4.59. The van der Waals surface area contributed by atoms with Gasteiger partial charge in [0.1, 0.15) is 17.1 Å². The van der Waals surface area contributed by atoms with Crippen molar-refractivity contribution in [2.75, 3.05) is 0 Å². The second-order valence-corrected chi connectivity index (χ2v) is 13.0. The number of phosphoric ester groups is 1. The first kappa shape index (κ1) is 25.0. The molecule has 35 heavy (non-hydrogen) atoms. The number of carbonyl (C=O) groups excluding carboxylic acids is 1. The van der Waals surface area contributed by atoms with Crippen molar-refractivity contribution in [3.63, 3.8) is 0 Å². The van der Waals surface area contributed by atoms with Crippen molar-refractivity contribution < 1.29 is 33.1 Å². The van der Waals surface area contributed by atoms with Crippen LogP contribution in [0, 0.1) is 11.3 Å². The van der Waals surface area contributed by atoms with Gasteiger partial charge in [-0.05, 0) is 83.4 Å². The molecule has 0 unspecified atom stereocenters. The molecule has 0 saturated heterocycles. The van der Waals surface area contributed by atoms with E-state index in [1.54, 1.807) is 0 Å². The third kappa shape index (κ3) is 4.50. The van der Waals surface area contributed by atoms with Crippen molar-refractivity contribution in [1.82, 2.24) is 0 Å². The number of phosphoric acid groups is 1. The van der Waals surface area contributed by atoms with Gasteiger partial charge in [0.2, 0.25) is 0 Å². The average molecular weight is 505 g/mol. The molecular weight excluding hydrogens is 467 g/mol. The van der Waals surface area contributed by atoms with E-state index in [2.05, 4.69) is 39.8 Å². The van der Waals surface area contributed by atoms with Crippen molar-refractivity contribution in [3.05, 3.63) is 34.9 Å². The molecular formula is C27H37O7P. The minimum absolute atomic E-state index is 0.212. The van der Waals surface area contributed by atoms with Crippen LogP contribution in [0.1, 0.15) is 96.1 Å². The molecule has 6 rings (SSSR count). The first-order valence-electron chi connectivity index (χ1n) is 12.9. The number of hydrogen-bond donors (Lipinski definition) is 2. The minimum Gasteiger partial charge on any atom is -0.487 e. The van der Waals surface area contributed by atoms with Crippen molar-refractivity contribution >= 4 is 13.8 Å². The van der Waals surface area contributed by atoms with Crippen LogP contribution in [0.3, 0.4) is 0 Å². The van der Waals surface area contributed by atoms with Gasteiger partial charge in [0.25, 0.3) is 0 Å². The summed E-state index contributed by atoms with van der Waals surface area (Å²) in [7, 11) is -4.59. The van der Waals surface area contributed by atoms with E-state index in [-0.39, 0.29) is 23.4 Å². The standard InChI is InChI=1S/C27H37O7P/c1-5-6-7-8-18-12-21(32-24(28)26-14-27(15-26,16-26)34-35(29,30)31)23-19-11-17(2)9-10-20(19)25(3,4)33-22(23)13-18/h9,12-13,19-20H,5-8,10-11,14-16H2,1-4H3,(H2,29,30,31)/t19-,20-,26?,27?/m1/s1. The Hall–Kier alpha value is -1.66. The second-order valence-electron chi connectivity index (χ2n) is 11.8. The van der Waals surface area contributed by atoms with Gasteiger partial charge in [-0.1, -0.05) is 31.4 Å². The van der Waals surface area contributed by atoms with Crippen LogP contribution in [0.4, 0.5) is 0 Å². The molecule has 2 N–H and O–H groups in total. The highest BCUT2D eigenvalue weighted by molar-refractivity contribution is 7.46. The molecule has 3 fully saturated rings. The van der Waals surface area contributed by atoms with Gasteiger partial charge in [-0.2, -0.15) is 0 Å². The molecule has 0 amide bonds. The highest BCUT2D eigenvalue weighted by Gasteiger charge is 2.75. The fraction of sp³-hybridized carbons (Fsp3) is 0.667. The van der Waals surface area contributed by atoms with E-state index in [9.17, 15) is 19.1 Å². The number of fused-ring (bicyclic) bond motifs is 3.